The molecule has 0 N–H and O–H groups in total. The van der Waals surface area contributed by atoms with Crippen LogP contribution in [0.15, 0.2) is 30.3 Å². The molecular weight excluding hydrogens is 232 g/mol. The Bertz CT molecular complexity index is 418. The van der Waals surface area contributed by atoms with E-state index in [1.54, 1.807) is 13.8 Å². The lowest BCUT2D eigenvalue weighted by atomic mass is 10.00. The maximum Gasteiger partial charge on any atom is 0.321 e. The maximum absolute atomic E-state index is 11.9. The van der Waals surface area contributed by atoms with Crippen molar-refractivity contribution in [1.29, 1.82) is 0 Å². The van der Waals surface area contributed by atoms with Gasteiger partial charge in [-0.25, -0.2) is 0 Å². The molecule has 0 spiro atoms. The molecule has 18 heavy (non-hydrogen) atoms. The molecule has 4 heteroatoms. The van der Waals surface area contributed by atoms with E-state index in [2.05, 4.69) is 0 Å². The van der Waals surface area contributed by atoms with Crippen LogP contribution < -0.4 is 0 Å². The Balaban J connectivity index is 2.16. The van der Waals surface area contributed by atoms with Crippen LogP contribution >= 0.6 is 0 Å². The van der Waals surface area contributed by atoms with Crippen LogP contribution in [0.5, 0.6) is 0 Å². The van der Waals surface area contributed by atoms with Gasteiger partial charge in [0.25, 0.3) is 0 Å². The summed E-state index contributed by atoms with van der Waals surface area (Å²) in [7, 11) is 0. The Morgan fingerprint density at radius 3 is 1.94 bits per heavy atom. The van der Waals surface area contributed by atoms with Crippen LogP contribution in [0.3, 0.4) is 0 Å². The second-order valence-electron chi connectivity index (χ2n) is 4.53. The highest BCUT2D eigenvalue weighted by Crippen LogP contribution is 2.19. The molecular formula is C14H16O4. The fourth-order valence-electron chi connectivity index (χ4n) is 1.84. The Morgan fingerprint density at radius 2 is 1.44 bits per heavy atom. The largest absolute Gasteiger partial charge is 0.458 e. The third-order valence-electron chi connectivity index (χ3n) is 3.12. The van der Waals surface area contributed by atoms with Crippen LogP contribution in [0.1, 0.15) is 19.4 Å². The van der Waals surface area contributed by atoms with Crippen molar-refractivity contribution in [3.8, 4) is 0 Å². The number of ether oxygens (including phenoxy) is 2. The van der Waals surface area contributed by atoms with E-state index < -0.39 is 30.1 Å². The van der Waals surface area contributed by atoms with E-state index in [-0.39, 0.29) is 0 Å². The summed E-state index contributed by atoms with van der Waals surface area (Å²) in [5, 5.41) is 0. The van der Waals surface area contributed by atoms with E-state index >= 15 is 0 Å². The van der Waals surface area contributed by atoms with Crippen molar-refractivity contribution in [2.24, 2.45) is 5.92 Å². The van der Waals surface area contributed by atoms with Crippen LogP contribution in [0.25, 0.3) is 0 Å². The first-order chi connectivity index (χ1) is 8.58. The van der Waals surface area contributed by atoms with Crippen molar-refractivity contribution >= 4 is 11.9 Å². The molecule has 0 bridgehead atoms. The molecule has 1 saturated heterocycles. The minimum Gasteiger partial charge on any atom is -0.458 e. The van der Waals surface area contributed by atoms with Gasteiger partial charge in [-0.1, -0.05) is 30.3 Å². The molecule has 96 valence electrons. The van der Waals surface area contributed by atoms with E-state index in [4.69, 9.17) is 9.47 Å². The summed E-state index contributed by atoms with van der Waals surface area (Å²) in [5.74, 6) is -1.86. The number of carbonyl (C=O) groups excluding carboxylic acids is 2. The predicted molar refractivity (Wildman–Crippen MR) is 64.7 cm³/mol. The Labute approximate surface area is 106 Å². The first-order valence-corrected chi connectivity index (χ1v) is 6.03. The maximum atomic E-state index is 11.9. The van der Waals surface area contributed by atoms with Gasteiger partial charge in [-0.05, 0) is 25.8 Å². The average Bonchev–Trinajstić information content (AvgIpc) is 2.43. The number of benzene rings is 1. The molecule has 0 aromatic heterocycles. The molecule has 2 unspecified atom stereocenters. The van der Waals surface area contributed by atoms with Crippen LogP contribution in [0, 0.1) is 5.92 Å². The first-order valence-electron chi connectivity index (χ1n) is 6.03. The van der Waals surface area contributed by atoms with Crippen LogP contribution in [0.4, 0.5) is 0 Å². The molecule has 0 saturated carbocycles. The molecule has 2 atom stereocenters. The molecule has 0 aliphatic carbocycles. The molecule has 1 heterocycles. The Morgan fingerprint density at radius 1 is 0.944 bits per heavy atom. The molecule has 1 fully saturated rings. The number of cyclic esters (lactones) is 2. The highest BCUT2D eigenvalue weighted by molar-refractivity contribution is 5.95. The van der Waals surface area contributed by atoms with Gasteiger partial charge >= 0.3 is 11.9 Å². The number of esters is 2. The van der Waals surface area contributed by atoms with Crippen molar-refractivity contribution in [2.75, 3.05) is 0 Å². The lowest BCUT2D eigenvalue weighted by Crippen LogP contribution is -2.27. The second kappa shape index (κ2) is 5.21. The summed E-state index contributed by atoms with van der Waals surface area (Å²) < 4.78 is 10.4. The van der Waals surface area contributed by atoms with Crippen molar-refractivity contribution < 1.29 is 19.1 Å². The molecule has 4 nitrogen and oxygen atoms in total. The van der Waals surface area contributed by atoms with Gasteiger partial charge in [0.05, 0.1) is 0 Å². The normalized spacial score (nSPS) is 28.2. The molecule has 1 aliphatic heterocycles. The number of hydrogen-bond donors (Lipinski definition) is 0. The van der Waals surface area contributed by atoms with Crippen LogP contribution in [-0.4, -0.2) is 24.1 Å². The minimum absolute atomic E-state index is 0.317. The third kappa shape index (κ3) is 2.70. The van der Waals surface area contributed by atoms with Gasteiger partial charge in [-0.3, -0.25) is 9.59 Å². The fourth-order valence-corrected chi connectivity index (χ4v) is 1.84. The topological polar surface area (TPSA) is 52.6 Å². The molecule has 1 aromatic rings. The smallest absolute Gasteiger partial charge is 0.321 e. The van der Waals surface area contributed by atoms with Gasteiger partial charge in [-0.15, -0.1) is 0 Å². The van der Waals surface area contributed by atoms with E-state index in [1.165, 1.54) is 0 Å². The summed E-state index contributed by atoms with van der Waals surface area (Å²) in [6.45, 7) is 3.45. The van der Waals surface area contributed by atoms with Crippen LogP contribution in [-0.2, 0) is 25.5 Å². The van der Waals surface area contributed by atoms with Gasteiger partial charge in [-0.2, -0.15) is 0 Å². The zero-order chi connectivity index (χ0) is 13.1. The van der Waals surface area contributed by atoms with E-state index in [1.807, 2.05) is 30.3 Å². The van der Waals surface area contributed by atoms with Crippen molar-refractivity contribution in [3.63, 3.8) is 0 Å². The number of rotatable bonds is 2. The molecule has 2 rings (SSSR count). The van der Waals surface area contributed by atoms with Crippen molar-refractivity contribution in [3.05, 3.63) is 35.9 Å². The van der Waals surface area contributed by atoms with Crippen molar-refractivity contribution in [2.45, 2.75) is 32.5 Å². The Kier molecular flexibility index (Phi) is 3.65. The minimum atomic E-state index is -0.861. The van der Waals surface area contributed by atoms with E-state index in [9.17, 15) is 9.59 Å². The summed E-state index contributed by atoms with van der Waals surface area (Å²) in [6.07, 6.45) is -0.484. The van der Waals surface area contributed by atoms with E-state index in [0.29, 0.717) is 6.42 Å². The number of carbonyl (C=O) groups is 2. The lowest BCUT2D eigenvalue weighted by Gasteiger charge is -2.14. The molecule has 1 aliphatic rings. The second-order valence-corrected chi connectivity index (χ2v) is 4.53. The van der Waals surface area contributed by atoms with Gasteiger partial charge in [0.1, 0.15) is 12.2 Å². The highest BCUT2D eigenvalue weighted by atomic mass is 16.6. The predicted octanol–water partition coefficient (Wildman–Crippen LogP) is 1.72. The molecule has 1 aromatic carbocycles. The summed E-state index contributed by atoms with van der Waals surface area (Å²) in [6, 6.07) is 9.37. The summed E-state index contributed by atoms with van der Waals surface area (Å²) >= 11 is 0. The van der Waals surface area contributed by atoms with Gasteiger partial charge < -0.3 is 9.47 Å². The van der Waals surface area contributed by atoms with Crippen LogP contribution in [0.2, 0.25) is 0 Å². The fraction of sp³-hybridized carbons (Fsp3) is 0.429. The van der Waals surface area contributed by atoms with Gasteiger partial charge in [0.2, 0.25) is 0 Å². The van der Waals surface area contributed by atoms with Crippen molar-refractivity contribution in [1.82, 2.24) is 0 Å². The SMILES string of the molecule is CC1OC(=O)C(Cc2ccccc2)C(=O)OC1C. The van der Waals surface area contributed by atoms with Gasteiger partial charge in [0.15, 0.2) is 5.92 Å². The zero-order valence-corrected chi connectivity index (χ0v) is 10.5. The lowest BCUT2D eigenvalue weighted by molar-refractivity contribution is -0.155. The van der Waals surface area contributed by atoms with Gasteiger partial charge in [0, 0.05) is 0 Å². The Hall–Kier alpha value is -1.84. The zero-order valence-electron chi connectivity index (χ0n) is 10.5. The summed E-state index contributed by atoms with van der Waals surface area (Å²) in [5.41, 5.74) is 0.915. The van der Waals surface area contributed by atoms with E-state index in [0.717, 1.165) is 5.56 Å². The first kappa shape index (κ1) is 12.6. The number of hydrogen-bond acceptors (Lipinski definition) is 4. The average molecular weight is 248 g/mol. The molecule has 0 radical (unpaired) electrons. The summed E-state index contributed by atoms with van der Waals surface area (Å²) in [4.78, 5) is 23.7. The quantitative estimate of drug-likeness (QED) is 0.590. The highest BCUT2D eigenvalue weighted by Gasteiger charge is 2.37. The standard InChI is InChI=1S/C14H16O4/c1-9-10(2)18-14(16)12(13(15)17-9)8-11-6-4-3-5-7-11/h3-7,9-10,12H,8H2,1-2H3. The monoisotopic (exact) mass is 248 g/mol. The molecule has 0 amide bonds. The third-order valence-corrected chi connectivity index (χ3v) is 3.12.